The summed E-state index contributed by atoms with van der Waals surface area (Å²) in [6, 6.07) is 1.69. The minimum Gasteiger partial charge on any atom is -1.00 e. The molecule has 3 rings (SSSR count). The Kier molecular flexibility index (Phi) is 13.1. The summed E-state index contributed by atoms with van der Waals surface area (Å²) in [7, 11) is -22.6. The largest absolute Gasteiger partial charge is 1.00 e. The number of benzene rings is 1. The van der Waals surface area contributed by atoms with E-state index in [2.05, 4.69) is 29.2 Å². The Bertz CT molecular complexity index is 1720. The van der Waals surface area contributed by atoms with Crippen molar-refractivity contribution >= 4 is 37.2 Å². The molecule has 44 heavy (non-hydrogen) atoms. The van der Waals surface area contributed by atoms with Gasteiger partial charge in [-0.1, -0.05) is 24.2 Å². The summed E-state index contributed by atoms with van der Waals surface area (Å²) in [6.45, 7) is 6.22. The summed E-state index contributed by atoms with van der Waals surface area (Å²) in [6.07, 6.45) is 0. The van der Waals surface area contributed by atoms with Gasteiger partial charge in [0.05, 0.1) is 5.56 Å². The second-order valence-corrected chi connectivity index (χ2v) is 14.0. The molecule has 0 saturated carbocycles. The van der Waals surface area contributed by atoms with Crippen molar-refractivity contribution in [1.82, 2.24) is 20.6 Å². The maximum absolute atomic E-state index is 12.8. The number of carbonyl (C=O) groups is 1. The molecule has 1 aromatic carbocycles. The summed E-state index contributed by atoms with van der Waals surface area (Å²) < 4.78 is 75.0. The maximum atomic E-state index is 12.8. The quantitative estimate of drug-likeness (QED) is 0.0888. The molecule has 2 atom stereocenters. The van der Waals surface area contributed by atoms with E-state index in [1.165, 1.54) is 20.8 Å². The Balaban J connectivity index is 0.00000506. The zero-order chi connectivity index (χ0) is 32.5. The van der Waals surface area contributed by atoms with E-state index in [1.54, 1.807) is 6.92 Å². The molecular formula is C18H25KN4O17P4. The van der Waals surface area contributed by atoms with Crippen LogP contribution in [-0.2, 0) is 26.9 Å². The van der Waals surface area contributed by atoms with Crippen LogP contribution in [0.2, 0.25) is 0 Å². The van der Waals surface area contributed by atoms with Crippen LogP contribution in [0.3, 0.4) is 0 Å². The van der Waals surface area contributed by atoms with E-state index < -0.39 is 71.6 Å². The summed E-state index contributed by atoms with van der Waals surface area (Å²) in [4.78, 5) is 72.8. The summed E-state index contributed by atoms with van der Waals surface area (Å²) in [5.74, 6) is -3.74. The number of rotatable bonds is 13. The van der Waals surface area contributed by atoms with E-state index >= 15 is 0 Å². The van der Waals surface area contributed by atoms with E-state index in [1.807, 2.05) is 0 Å². The Hall–Kier alpha value is -1.12. The molecule has 0 aliphatic carbocycles. The van der Waals surface area contributed by atoms with Gasteiger partial charge in [-0.05, 0) is 24.5 Å². The second-order valence-electron chi connectivity index (χ2n) is 8.54. The van der Waals surface area contributed by atoms with E-state index in [-0.39, 0.29) is 82.2 Å². The topological polar surface area (TPSA) is 321 Å². The molecule has 1 amide bonds. The van der Waals surface area contributed by atoms with Gasteiger partial charge < -0.3 is 44.4 Å². The van der Waals surface area contributed by atoms with Gasteiger partial charge in [-0.2, -0.15) is 13.6 Å². The number of nitrogens with zero attached hydrogens (tertiary/aromatic N) is 3. The SMILES string of the molecule is CCNC(=O)c1noc(-c2cc(C(C)C)c(OP(=O)(O)OP(=O)(O)O)cc2OP(=O)(O)OP(=O)(O)O)c1-c1noc(C)n1.[H-].[K+]. The van der Waals surface area contributed by atoms with Crippen LogP contribution in [0.5, 0.6) is 11.5 Å². The summed E-state index contributed by atoms with van der Waals surface area (Å²) in [5, 5.41) is 9.93. The van der Waals surface area contributed by atoms with Crippen molar-refractivity contribution < 1.29 is 132 Å². The van der Waals surface area contributed by atoms with Crippen LogP contribution < -0.4 is 65.7 Å². The molecule has 26 heteroatoms. The molecule has 0 fully saturated rings. The van der Waals surface area contributed by atoms with Crippen molar-refractivity contribution in [2.24, 2.45) is 0 Å². The normalized spacial score (nSPS) is 14.8. The molecule has 0 aliphatic heterocycles. The number of phosphoric ester groups is 2. The van der Waals surface area contributed by atoms with Gasteiger partial charge in [0.15, 0.2) is 11.5 Å². The first-order valence-corrected chi connectivity index (χ1v) is 17.5. The first-order chi connectivity index (χ1) is 19.6. The second kappa shape index (κ2) is 14.7. The Morgan fingerprint density at radius 2 is 1.48 bits per heavy atom. The van der Waals surface area contributed by atoms with E-state index in [0.29, 0.717) is 6.07 Å². The maximum Gasteiger partial charge on any atom is 1.00 e. The third-order valence-electron chi connectivity index (χ3n) is 4.82. The van der Waals surface area contributed by atoms with Crippen molar-refractivity contribution in [3.05, 3.63) is 29.3 Å². The number of phosphoric acid groups is 4. The molecule has 21 nitrogen and oxygen atoms in total. The van der Waals surface area contributed by atoms with Crippen molar-refractivity contribution in [3.8, 4) is 34.2 Å². The average molecular weight is 732 g/mol. The molecule has 0 spiro atoms. The molecular weight excluding hydrogens is 707 g/mol. The fourth-order valence-corrected chi connectivity index (χ4v) is 6.62. The zero-order valence-electron chi connectivity index (χ0n) is 24.2. The molecule has 0 saturated heterocycles. The number of amides is 1. The monoisotopic (exact) mass is 732 g/mol. The van der Waals surface area contributed by atoms with Crippen LogP contribution in [-0.4, -0.2) is 57.1 Å². The van der Waals surface area contributed by atoms with E-state index in [0.717, 1.165) is 6.07 Å². The number of aromatic nitrogens is 3. The van der Waals surface area contributed by atoms with Crippen LogP contribution in [0, 0.1) is 6.92 Å². The molecule has 7 N–H and O–H groups in total. The summed E-state index contributed by atoms with van der Waals surface area (Å²) in [5.41, 5.74) is -1.11. The Morgan fingerprint density at radius 1 is 0.932 bits per heavy atom. The molecule has 2 unspecified atom stereocenters. The van der Waals surface area contributed by atoms with Gasteiger partial charge in [0.25, 0.3) is 5.91 Å². The predicted octanol–water partition coefficient (Wildman–Crippen LogP) is -0.133. The molecule has 0 bridgehead atoms. The first-order valence-electron chi connectivity index (χ1n) is 11.5. The van der Waals surface area contributed by atoms with Gasteiger partial charge in [-0.15, -0.1) is 0 Å². The number of nitrogens with one attached hydrogen (secondary N) is 1. The minimum absolute atomic E-state index is 0. The predicted molar refractivity (Wildman–Crippen MR) is 140 cm³/mol. The van der Waals surface area contributed by atoms with Gasteiger partial charge in [0.1, 0.15) is 17.1 Å². The Morgan fingerprint density at radius 3 is 1.93 bits per heavy atom. The number of aryl methyl sites for hydroxylation is 1. The van der Waals surface area contributed by atoms with Crippen molar-refractivity contribution in [1.29, 1.82) is 0 Å². The van der Waals surface area contributed by atoms with Gasteiger partial charge in [-0.3, -0.25) is 14.6 Å². The fourth-order valence-electron chi connectivity index (χ4n) is 3.39. The molecule has 0 aliphatic rings. The van der Waals surface area contributed by atoms with Gasteiger partial charge in [0.2, 0.25) is 11.7 Å². The van der Waals surface area contributed by atoms with Crippen LogP contribution in [0.4, 0.5) is 0 Å². The van der Waals surface area contributed by atoms with Crippen LogP contribution in [0.25, 0.3) is 22.7 Å². The van der Waals surface area contributed by atoms with Crippen molar-refractivity contribution in [2.45, 2.75) is 33.6 Å². The van der Waals surface area contributed by atoms with Crippen LogP contribution in [0.1, 0.15) is 50.1 Å². The summed E-state index contributed by atoms with van der Waals surface area (Å²) >= 11 is 0. The number of carbonyl (C=O) groups excluding carboxylic acids is 1. The Labute approximate surface area is 291 Å². The van der Waals surface area contributed by atoms with E-state index in [9.17, 15) is 32.8 Å². The fraction of sp³-hybridized carbons (Fsp3) is 0.333. The number of hydrogen-bond acceptors (Lipinski definition) is 14. The minimum atomic E-state index is -5.73. The van der Waals surface area contributed by atoms with Gasteiger partial charge in [-0.25, -0.2) is 18.3 Å². The average Bonchev–Trinajstić information content (AvgIpc) is 3.41. The molecule has 0 radical (unpaired) electrons. The third kappa shape index (κ3) is 10.7. The first kappa shape index (κ1) is 39.1. The van der Waals surface area contributed by atoms with Gasteiger partial charge in [0, 0.05) is 19.5 Å². The van der Waals surface area contributed by atoms with Crippen LogP contribution >= 0.6 is 31.3 Å². The number of hydrogen-bond donors (Lipinski definition) is 7. The molecule has 3 aromatic rings. The standard InChI is InChI=1S/C18H24N4O17P4.K.H/c1-5-19-18(23)15-14(17-20-9(4)34-22-17)16(35-21-15)11-6-10(8(2)3)12(36-42(30,31)38-40(24,25)26)7-13(11)37-43(32,33)39-41(27,28)29;;/h6-8H,5H2,1-4H3,(H,19,23)(H,30,31)(H,32,33)(H2,24,25,26)(H2,27,28,29);;/q;+1;-1. The molecule has 2 aromatic heterocycles. The molecule has 2 heterocycles. The third-order valence-corrected chi connectivity index (χ3v) is 9.03. The smallest absolute Gasteiger partial charge is 1.00 e. The molecule has 240 valence electrons. The van der Waals surface area contributed by atoms with Crippen molar-refractivity contribution in [3.63, 3.8) is 0 Å². The van der Waals surface area contributed by atoms with Crippen LogP contribution in [0.15, 0.2) is 21.2 Å². The zero-order valence-corrected chi connectivity index (χ0v) is 29.9. The van der Waals surface area contributed by atoms with E-state index in [4.69, 9.17) is 37.7 Å². The van der Waals surface area contributed by atoms with Crippen molar-refractivity contribution in [2.75, 3.05) is 6.54 Å². The van der Waals surface area contributed by atoms with Gasteiger partial charge >= 0.3 is 82.7 Å².